The smallest absolute Gasteiger partial charge is 0.238 e. The Morgan fingerprint density at radius 2 is 1.96 bits per heavy atom. The molecule has 136 valence electrons. The van der Waals surface area contributed by atoms with Gasteiger partial charge in [-0.2, -0.15) is 0 Å². The minimum Gasteiger partial charge on any atom is -0.497 e. The minimum atomic E-state index is -3.67. The van der Waals surface area contributed by atoms with Crippen LogP contribution >= 0.6 is 0 Å². The number of ether oxygens (including phenoxy) is 1. The number of methoxy groups -OCH3 is 1. The summed E-state index contributed by atoms with van der Waals surface area (Å²) in [5.41, 5.74) is 4.59. The van der Waals surface area contributed by atoms with Crippen LogP contribution in [0.2, 0.25) is 0 Å². The van der Waals surface area contributed by atoms with Crippen LogP contribution in [0.1, 0.15) is 17.7 Å². The van der Waals surface area contributed by atoms with E-state index in [9.17, 15) is 8.42 Å². The van der Waals surface area contributed by atoms with Gasteiger partial charge < -0.3 is 14.6 Å². The maximum Gasteiger partial charge on any atom is 0.238 e. The fraction of sp³-hybridized carbons (Fsp3) is 0.263. The second-order valence-electron chi connectivity index (χ2n) is 6.51. The molecule has 0 aliphatic carbocycles. The minimum absolute atomic E-state index is 0.129. The van der Waals surface area contributed by atoms with E-state index in [1.807, 2.05) is 24.3 Å². The topological polar surface area (TPSA) is 86.3 Å². The highest BCUT2D eigenvalue weighted by molar-refractivity contribution is 7.89. The summed E-state index contributed by atoms with van der Waals surface area (Å²) < 4.78 is 30.6. The van der Waals surface area contributed by atoms with E-state index in [4.69, 9.17) is 9.88 Å². The first-order chi connectivity index (χ1) is 12.5. The average molecular weight is 371 g/mol. The highest BCUT2D eigenvalue weighted by Gasteiger charge is 2.20. The molecule has 4 rings (SSSR count). The summed E-state index contributed by atoms with van der Waals surface area (Å²) in [7, 11) is -2.01. The van der Waals surface area contributed by atoms with Crippen LogP contribution in [0, 0.1) is 0 Å². The normalized spacial score (nSPS) is 14.1. The van der Waals surface area contributed by atoms with Crippen LogP contribution < -0.4 is 15.2 Å². The number of rotatable bonds is 4. The van der Waals surface area contributed by atoms with Crippen molar-refractivity contribution in [3.8, 4) is 5.75 Å². The highest BCUT2D eigenvalue weighted by Crippen LogP contribution is 2.36. The van der Waals surface area contributed by atoms with Crippen molar-refractivity contribution in [2.75, 3.05) is 19.0 Å². The van der Waals surface area contributed by atoms with E-state index in [0.29, 0.717) is 6.54 Å². The van der Waals surface area contributed by atoms with E-state index in [1.165, 1.54) is 16.8 Å². The zero-order valence-corrected chi connectivity index (χ0v) is 15.3. The molecule has 0 amide bonds. The lowest BCUT2D eigenvalue weighted by atomic mass is 10.1. The first kappa shape index (κ1) is 16.9. The van der Waals surface area contributed by atoms with E-state index in [2.05, 4.69) is 16.0 Å². The fourth-order valence-electron chi connectivity index (χ4n) is 3.58. The van der Waals surface area contributed by atoms with E-state index in [0.717, 1.165) is 36.2 Å². The number of fused-ring (bicyclic) bond motifs is 3. The van der Waals surface area contributed by atoms with Crippen molar-refractivity contribution in [1.82, 2.24) is 4.57 Å². The predicted molar refractivity (Wildman–Crippen MR) is 102 cm³/mol. The Bertz CT molecular complexity index is 1070. The van der Waals surface area contributed by atoms with Gasteiger partial charge in [0, 0.05) is 30.2 Å². The number of hydrogen-bond donors (Lipinski definition) is 2. The van der Waals surface area contributed by atoms with Gasteiger partial charge in [-0.25, -0.2) is 13.6 Å². The Kier molecular flexibility index (Phi) is 4.13. The molecular formula is C19H21N3O3S. The van der Waals surface area contributed by atoms with Crippen molar-refractivity contribution in [1.29, 1.82) is 0 Å². The third kappa shape index (κ3) is 2.93. The quantitative estimate of drug-likeness (QED) is 0.738. The Hall–Kier alpha value is -2.51. The number of benzene rings is 2. The SMILES string of the molecule is COc1ccc2c3c(n(Cc4ccc(S(N)(=O)=O)cc4)c2c1)CCCN3. The number of nitrogens with one attached hydrogen (secondary N) is 1. The van der Waals surface area contributed by atoms with Crippen LogP contribution in [-0.2, 0) is 23.0 Å². The van der Waals surface area contributed by atoms with Crippen molar-refractivity contribution in [3.63, 3.8) is 0 Å². The van der Waals surface area contributed by atoms with E-state index in [1.54, 1.807) is 19.2 Å². The lowest BCUT2D eigenvalue weighted by molar-refractivity contribution is 0.415. The molecule has 0 saturated carbocycles. The number of nitrogens with zero attached hydrogens (tertiary/aromatic N) is 1. The Balaban J connectivity index is 1.80. The molecular weight excluding hydrogens is 350 g/mol. The molecule has 26 heavy (non-hydrogen) atoms. The second kappa shape index (κ2) is 6.34. The van der Waals surface area contributed by atoms with Gasteiger partial charge in [0.25, 0.3) is 0 Å². The van der Waals surface area contributed by atoms with Crippen molar-refractivity contribution >= 4 is 26.6 Å². The van der Waals surface area contributed by atoms with Gasteiger partial charge in [-0.05, 0) is 42.7 Å². The van der Waals surface area contributed by atoms with Crippen LogP contribution in [0.15, 0.2) is 47.4 Å². The zero-order valence-electron chi connectivity index (χ0n) is 14.5. The number of nitrogens with two attached hydrogens (primary N) is 1. The summed E-state index contributed by atoms with van der Waals surface area (Å²) in [4.78, 5) is 0.129. The largest absolute Gasteiger partial charge is 0.497 e. The number of sulfonamides is 1. The number of hydrogen-bond acceptors (Lipinski definition) is 4. The van der Waals surface area contributed by atoms with Crippen LogP contribution in [0.5, 0.6) is 5.75 Å². The third-order valence-electron chi connectivity index (χ3n) is 4.86. The first-order valence-corrected chi connectivity index (χ1v) is 10.1. The van der Waals surface area contributed by atoms with E-state index < -0.39 is 10.0 Å². The lowest BCUT2D eigenvalue weighted by Crippen LogP contribution is -2.14. The predicted octanol–water partition coefficient (Wildman–Crippen LogP) is 2.70. The summed E-state index contributed by atoms with van der Waals surface area (Å²) in [6.45, 7) is 1.63. The van der Waals surface area contributed by atoms with Crippen molar-refractivity contribution in [3.05, 3.63) is 53.7 Å². The first-order valence-electron chi connectivity index (χ1n) is 8.52. The summed E-state index contributed by atoms with van der Waals surface area (Å²) in [6.07, 6.45) is 2.10. The summed E-state index contributed by atoms with van der Waals surface area (Å²) in [5, 5.41) is 9.89. The summed E-state index contributed by atoms with van der Waals surface area (Å²) in [5.74, 6) is 0.818. The Morgan fingerprint density at radius 1 is 1.19 bits per heavy atom. The molecule has 0 unspecified atom stereocenters. The maximum atomic E-state index is 11.4. The molecule has 0 fully saturated rings. The second-order valence-corrected chi connectivity index (χ2v) is 8.07. The molecule has 0 spiro atoms. The third-order valence-corrected chi connectivity index (χ3v) is 5.79. The summed E-state index contributed by atoms with van der Waals surface area (Å²) >= 11 is 0. The summed E-state index contributed by atoms with van der Waals surface area (Å²) in [6, 6.07) is 12.9. The average Bonchev–Trinajstić information content (AvgIpc) is 2.95. The van der Waals surface area contributed by atoms with Gasteiger partial charge in [-0.15, -0.1) is 0 Å². The van der Waals surface area contributed by atoms with Gasteiger partial charge in [0.1, 0.15) is 5.75 Å². The van der Waals surface area contributed by atoms with Gasteiger partial charge >= 0.3 is 0 Å². The molecule has 3 N–H and O–H groups in total. The molecule has 6 nitrogen and oxygen atoms in total. The maximum absolute atomic E-state index is 11.4. The number of anilines is 1. The van der Waals surface area contributed by atoms with Crippen molar-refractivity contribution in [2.24, 2.45) is 5.14 Å². The fourth-order valence-corrected chi connectivity index (χ4v) is 4.10. The van der Waals surface area contributed by atoms with Crippen molar-refractivity contribution < 1.29 is 13.2 Å². The van der Waals surface area contributed by atoms with E-state index >= 15 is 0 Å². The monoisotopic (exact) mass is 371 g/mol. The molecule has 0 bridgehead atoms. The number of primary sulfonamides is 1. The van der Waals surface area contributed by atoms with Gasteiger partial charge in [0.2, 0.25) is 10.0 Å². The van der Waals surface area contributed by atoms with Gasteiger partial charge in [0.05, 0.1) is 23.2 Å². The molecule has 0 saturated heterocycles. The molecule has 2 heterocycles. The molecule has 1 aliphatic rings. The van der Waals surface area contributed by atoms with Crippen LogP contribution in [0.25, 0.3) is 10.9 Å². The lowest BCUT2D eigenvalue weighted by Gasteiger charge is -2.17. The van der Waals surface area contributed by atoms with Gasteiger partial charge in [0.15, 0.2) is 0 Å². The molecule has 3 aromatic rings. The Morgan fingerprint density at radius 3 is 2.65 bits per heavy atom. The molecule has 1 aliphatic heterocycles. The van der Waals surface area contributed by atoms with Crippen LogP contribution in [-0.4, -0.2) is 26.6 Å². The highest BCUT2D eigenvalue weighted by atomic mass is 32.2. The Labute approximate surface area is 152 Å². The molecule has 0 atom stereocenters. The molecule has 7 heteroatoms. The molecule has 0 radical (unpaired) electrons. The van der Waals surface area contributed by atoms with E-state index in [-0.39, 0.29) is 4.90 Å². The molecule has 1 aromatic heterocycles. The zero-order chi connectivity index (χ0) is 18.3. The van der Waals surface area contributed by atoms with Gasteiger partial charge in [-0.1, -0.05) is 12.1 Å². The standard InChI is InChI=1S/C19H21N3O3S/c1-25-14-6-9-16-18(11-14)22(17-3-2-10-21-19(16)17)12-13-4-7-15(8-5-13)26(20,23)24/h4-9,11,21H,2-3,10,12H2,1H3,(H2,20,23,24). The van der Waals surface area contributed by atoms with Crippen LogP contribution in [0.3, 0.4) is 0 Å². The number of aromatic nitrogens is 1. The van der Waals surface area contributed by atoms with Gasteiger partial charge in [-0.3, -0.25) is 0 Å². The molecule has 2 aromatic carbocycles. The van der Waals surface area contributed by atoms with Crippen LogP contribution in [0.4, 0.5) is 5.69 Å². The van der Waals surface area contributed by atoms with Crippen molar-refractivity contribution in [2.45, 2.75) is 24.3 Å².